The van der Waals surface area contributed by atoms with Gasteiger partial charge < -0.3 is 4.74 Å². The highest BCUT2D eigenvalue weighted by molar-refractivity contribution is 5.94. The summed E-state index contributed by atoms with van der Waals surface area (Å²) in [6.45, 7) is 5.21. The van der Waals surface area contributed by atoms with E-state index < -0.39 is 0 Å². The number of hydrogen-bond donors (Lipinski definition) is 0. The highest BCUT2D eigenvalue weighted by Crippen LogP contribution is 2.12. The Hall–Kier alpha value is -2.42. The molecule has 0 bridgehead atoms. The minimum Gasteiger partial charge on any atom is -0.497 e. The number of ether oxygens (including phenoxy) is 1. The summed E-state index contributed by atoms with van der Waals surface area (Å²) in [7, 11) is 1.58. The van der Waals surface area contributed by atoms with Gasteiger partial charge in [0.2, 0.25) is 0 Å². The number of benzene rings is 2. The molecule has 0 amide bonds. The first kappa shape index (κ1) is 20.6. The lowest BCUT2D eigenvalue weighted by atomic mass is 10.1. The molecule has 3 heteroatoms. The van der Waals surface area contributed by atoms with Crippen LogP contribution in [-0.2, 0) is 6.42 Å². The van der Waals surface area contributed by atoms with Crippen molar-refractivity contribution < 1.29 is 14.3 Å². The normalized spacial score (nSPS) is 9.04. The third-order valence-electron chi connectivity index (χ3n) is 3.22. The van der Waals surface area contributed by atoms with E-state index in [2.05, 4.69) is 6.92 Å². The van der Waals surface area contributed by atoms with Crippen LogP contribution in [0.25, 0.3) is 0 Å². The van der Waals surface area contributed by atoms with Gasteiger partial charge in [-0.25, -0.2) is 0 Å². The molecule has 0 aliphatic heterocycles. The fourth-order valence-corrected chi connectivity index (χ4v) is 1.85. The zero-order chi connectivity index (χ0) is 16.5. The number of ketones is 2. The number of carbonyl (C=O) groups is 2. The van der Waals surface area contributed by atoms with E-state index in [1.54, 1.807) is 32.2 Å². The van der Waals surface area contributed by atoms with Crippen molar-refractivity contribution in [1.82, 2.24) is 0 Å². The molecule has 124 valence electrons. The maximum absolute atomic E-state index is 10.9. The lowest BCUT2D eigenvalue weighted by Gasteiger charge is -1.99. The summed E-state index contributed by atoms with van der Waals surface area (Å²) in [5.74, 6) is 0.918. The first-order valence-corrected chi connectivity index (χ1v) is 7.22. The molecule has 0 saturated heterocycles. The lowest BCUT2D eigenvalue weighted by Crippen LogP contribution is -1.92. The van der Waals surface area contributed by atoms with E-state index in [1.165, 1.54) is 12.5 Å². The SMILES string of the molecule is C.CCc1cccc(C(C)=O)c1.COc1cccc(C(C)=O)c1. The van der Waals surface area contributed by atoms with Crippen LogP contribution in [0, 0.1) is 0 Å². The molecule has 3 nitrogen and oxygen atoms in total. The van der Waals surface area contributed by atoms with Crippen molar-refractivity contribution in [1.29, 1.82) is 0 Å². The van der Waals surface area contributed by atoms with E-state index in [0.29, 0.717) is 5.56 Å². The second-order valence-electron chi connectivity index (χ2n) is 4.90. The Bertz CT molecular complexity index is 587. The van der Waals surface area contributed by atoms with Gasteiger partial charge in [0, 0.05) is 11.1 Å². The summed E-state index contributed by atoms with van der Waals surface area (Å²) < 4.78 is 4.95. The van der Waals surface area contributed by atoms with Crippen molar-refractivity contribution >= 4 is 11.6 Å². The molecule has 0 aliphatic rings. The van der Waals surface area contributed by atoms with Gasteiger partial charge in [-0.15, -0.1) is 0 Å². The van der Waals surface area contributed by atoms with E-state index in [0.717, 1.165) is 17.7 Å². The Kier molecular flexibility index (Phi) is 9.24. The number of methoxy groups -OCH3 is 1. The second-order valence-corrected chi connectivity index (χ2v) is 4.90. The van der Waals surface area contributed by atoms with Crippen LogP contribution >= 0.6 is 0 Å². The van der Waals surface area contributed by atoms with Crippen LogP contribution < -0.4 is 4.74 Å². The Labute approximate surface area is 139 Å². The second kappa shape index (κ2) is 10.3. The predicted molar refractivity (Wildman–Crippen MR) is 95.6 cm³/mol. The van der Waals surface area contributed by atoms with Crippen molar-refractivity contribution in [3.05, 3.63) is 65.2 Å². The first-order chi connectivity index (χ1) is 10.5. The zero-order valence-corrected chi connectivity index (χ0v) is 13.6. The quantitative estimate of drug-likeness (QED) is 0.747. The Balaban J connectivity index is 0.000000403. The first-order valence-electron chi connectivity index (χ1n) is 7.22. The van der Waals surface area contributed by atoms with E-state index in [1.807, 2.05) is 30.3 Å². The molecule has 23 heavy (non-hydrogen) atoms. The van der Waals surface area contributed by atoms with Gasteiger partial charge in [0.05, 0.1) is 7.11 Å². The standard InChI is InChI=1S/C10H12O.C9H10O2.CH4/c1-3-9-5-4-6-10(7-9)8(2)11;1-7(10)8-4-3-5-9(6-8)11-2;/h4-7H,3H2,1-2H3;3-6H,1-2H3;1H4. The maximum atomic E-state index is 10.9. The van der Waals surface area contributed by atoms with Gasteiger partial charge in [0.15, 0.2) is 11.6 Å². The molecule has 0 unspecified atom stereocenters. The average molecular weight is 314 g/mol. The summed E-state index contributed by atoms with van der Waals surface area (Å²) in [6, 6.07) is 14.9. The number of carbonyl (C=O) groups excluding carboxylic acids is 2. The van der Waals surface area contributed by atoms with E-state index >= 15 is 0 Å². The van der Waals surface area contributed by atoms with Gasteiger partial charge in [-0.1, -0.05) is 44.7 Å². The van der Waals surface area contributed by atoms with Gasteiger partial charge in [-0.3, -0.25) is 9.59 Å². The molecule has 0 saturated carbocycles. The van der Waals surface area contributed by atoms with Gasteiger partial charge >= 0.3 is 0 Å². The third kappa shape index (κ3) is 6.92. The van der Waals surface area contributed by atoms with Crippen molar-refractivity contribution in [2.45, 2.75) is 34.6 Å². The van der Waals surface area contributed by atoms with Crippen molar-refractivity contribution in [2.24, 2.45) is 0 Å². The number of rotatable bonds is 4. The molecule has 0 spiro atoms. The smallest absolute Gasteiger partial charge is 0.159 e. The summed E-state index contributed by atoms with van der Waals surface area (Å²) in [6.07, 6.45) is 0.987. The van der Waals surface area contributed by atoms with Crippen LogP contribution in [0.4, 0.5) is 0 Å². The third-order valence-corrected chi connectivity index (χ3v) is 3.22. The Morgan fingerprint density at radius 3 is 1.91 bits per heavy atom. The Morgan fingerprint density at radius 2 is 1.43 bits per heavy atom. The van der Waals surface area contributed by atoms with Crippen LogP contribution in [-0.4, -0.2) is 18.7 Å². The lowest BCUT2D eigenvalue weighted by molar-refractivity contribution is 0.100. The minimum absolute atomic E-state index is 0. The molecular weight excluding hydrogens is 288 g/mol. The molecular formula is C20H26O3. The molecule has 0 N–H and O–H groups in total. The van der Waals surface area contributed by atoms with E-state index in [-0.39, 0.29) is 19.0 Å². The highest BCUT2D eigenvalue weighted by atomic mass is 16.5. The van der Waals surface area contributed by atoms with Crippen molar-refractivity contribution in [3.8, 4) is 5.75 Å². The van der Waals surface area contributed by atoms with Gasteiger partial charge in [-0.05, 0) is 44.0 Å². The van der Waals surface area contributed by atoms with Crippen LogP contribution in [0.2, 0.25) is 0 Å². The largest absolute Gasteiger partial charge is 0.497 e. The summed E-state index contributed by atoms with van der Waals surface area (Å²) in [4.78, 5) is 21.8. The Morgan fingerprint density at radius 1 is 0.913 bits per heavy atom. The van der Waals surface area contributed by atoms with Gasteiger partial charge in [-0.2, -0.15) is 0 Å². The molecule has 2 aromatic carbocycles. The predicted octanol–water partition coefficient (Wildman–Crippen LogP) is 4.99. The minimum atomic E-state index is 0. The zero-order valence-electron chi connectivity index (χ0n) is 13.6. The molecule has 0 aromatic heterocycles. The van der Waals surface area contributed by atoms with Crippen LogP contribution in [0.3, 0.4) is 0 Å². The van der Waals surface area contributed by atoms with Gasteiger partial charge in [0.1, 0.15) is 5.75 Å². The van der Waals surface area contributed by atoms with Crippen LogP contribution in [0.1, 0.15) is 54.5 Å². The fraction of sp³-hybridized carbons (Fsp3) is 0.300. The highest BCUT2D eigenvalue weighted by Gasteiger charge is 1.99. The van der Waals surface area contributed by atoms with Crippen LogP contribution in [0.15, 0.2) is 48.5 Å². The van der Waals surface area contributed by atoms with E-state index in [4.69, 9.17) is 4.74 Å². The number of aryl methyl sites for hydroxylation is 1. The summed E-state index contributed by atoms with van der Waals surface area (Å²) in [5, 5.41) is 0. The molecule has 0 heterocycles. The molecule has 0 atom stereocenters. The van der Waals surface area contributed by atoms with E-state index in [9.17, 15) is 9.59 Å². The van der Waals surface area contributed by atoms with Gasteiger partial charge in [0.25, 0.3) is 0 Å². The fourth-order valence-electron chi connectivity index (χ4n) is 1.85. The number of Topliss-reactive ketones (excluding diaryl/α,β-unsaturated/α-hetero) is 2. The monoisotopic (exact) mass is 314 g/mol. The van der Waals surface area contributed by atoms with Crippen molar-refractivity contribution in [3.63, 3.8) is 0 Å². The molecule has 2 aromatic rings. The van der Waals surface area contributed by atoms with Crippen LogP contribution in [0.5, 0.6) is 5.75 Å². The van der Waals surface area contributed by atoms with Crippen molar-refractivity contribution in [2.75, 3.05) is 7.11 Å². The summed E-state index contributed by atoms with van der Waals surface area (Å²) in [5.41, 5.74) is 2.71. The number of hydrogen-bond acceptors (Lipinski definition) is 3. The molecule has 2 rings (SSSR count). The topological polar surface area (TPSA) is 43.4 Å². The maximum Gasteiger partial charge on any atom is 0.159 e. The molecule has 0 aliphatic carbocycles. The summed E-state index contributed by atoms with van der Waals surface area (Å²) >= 11 is 0. The molecule has 0 radical (unpaired) electrons. The average Bonchev–Trinajstić information content (AvgIpc) is 2.55. The molecule has 0 fully saturated rings.